The zero-order chi connectivity index (χ0) is 16.2. The smallest absolute Gasteiger partial charge is 0.191 e. The lowest BCUT2D eigenvalue weighted by Gasteiger charge is -2.26. The van der Waals surface area contributed by atoms with Crippen molar-refractivity contribution in [2.75, 3.05) is 46.4 Å². The first-order chi connectivity index (χ1) is 11.4. The van der Waals surface area contributed by atoms with Crippen LogP contribution >= 0.6 is 24.0 Å². The van der Waals surface area contributed by atoms with Crippen LogP contribution in [0.1, 0.15) is 57.8 Å². The molecule has 0 aromatic heterocycles. The van der Waals surface area contributed by atoms with Crippen molar-refractivity contribution < 1.29 is 4.74 Å². The molecule has 0 aromatic carbocycles. The van der Waals surface area contributed by atoms with Gasteiger partial charge >= 0.3 is 0 Å². The van der Waals surface area contributed by atoms with E-state index >= 15 is 0 Å². The maximum absolute atomic E-state index is 5.95. The van der Waals surface area contributed by atoms with Gasteiger partial charge in [0.25, 0.3) is 0 Å². The van der Waals surface area contributed by atoms with Crippen LogP contribution in [0.2, 0.25) is 0 Å². The van der Waals surface area contributed by atoms with Crippen molar-refractivity contribution in [2.24, 2.45) is 4.99 Å². The van der Waals surface area contributed by atoms with Crippen LogP contribution in [0.15, 0.2) is 4.99 Å². The number of aliphatic imine (C=N–C) groups is 1. The van der Waals surface area contributed by atoms with Gasteiger partial charge in [-0.05, 0) is 45.2 Å². The molecule has 6 heteroatoms. The molecule has 1 saturated heterocycles. The molecule has 1 aliphatic carbocycles. The van der Waals surface area contributed by atoms with Gasteiger partial charge in [-0.2, -0.15) is 0 Å². The molecule has 142 valence electrons. The Morgan fingerprint density at radius 1 is 1.00 bits per heavy atom. The maximum atomic E-state index is 5.95. The molecule has 2 fully saturated rings. The van der Waals surface area contributed by atoms with E-state index in [0.29, 0.717) is 6.10 Å². The molecule has 0 aromatic rings. The van der Waals surface area contributed by atoms with Crippen molar-refractivity contribution in [3.05, 3.63) is 0 Å². The van der Waals surface area contributed by atoms with Crippen LogP contribution in [0.3, 0.4) is 0 Å². The third kappa shape index (κ3) is 9.42. The summed E-state index contributed by atoms with van der Waals surface area (Å²) in [5.74, 6) is 0.916. The normalized spacial score (nSPS) is 20.5. The maximum Gasteiger partial charge on any atom is 0.191 e. The highest BCUT2D eigenvalue weighted by atomic mass is 127. The minimum Gasteiger partial charge on any atom is -0.378 e. The highest BCUT2D eigenvalue weighted by Crippen LogP contribution is 2.20. The fourth-order valence-electron chi connectivity index (χ4n) is 3.50. The van der Waals surface area contributed by atoms with Gasteiger partial charge in [-0.1, -0.05) is 25.7 Å². The van der Waals surface area contributed by atoms with Crippen molar-refractivity contribution in [3.63, 3.8) is 0 Å². The molecule has 2 rings (SSSR count). The van der Waals surface area contributed by atoms with Crippen molar-refractivity contribution in [1.82, 2.24) is 15.5 Å². The fraction of sp³-hybridized carbons (Fsp3) is 0.944. The Kier molecular flexibility index (Phi) is 12.9. The Bertz CT molecular complexity index is 329. The topological polar surface area (TPSA) is 48.9 Å². The summed E-state index contributed by atoms with van der Waals surface area (Å²) >= 11 is 0. The van der Waals surface area contributed by atoms with Crippen LogP contribution in [0.5, 0.6) is 0 Å². The molecular weight excluding hydrogens is 415 g/mol. The second-order valence-corrected chi connectivity index (χ2v) is 6.81. The van der Waals surface area contributed by atoms with Gasteiger partial charge in [-0.15, -0.1) is 24.0 Å². The molecule has 0 bridgehead atoms. The van der Waals surface area contributed by atoms with Gasteiger partial charge < -0.3 is 20.3 Å². The van der Waals surface area contributed by atoms with Gasteiger partial charge in [0, 0.05) is 33.3 Å². The Morgan fingerprint density at radius 2 is 1.67 bits per heavy atom. The number of hydrogen-bond donors (Lipinski definition) is 2. The summed E-state index contributed by atoms with van der Waals surface area (Å²) in [6, 6.07) is 0. The third-order valence-electron chi connectivity index (χ3n) is 4.91. The van der Waals surface area contributed by atoms with E-state index in [2.05, 4.69) is 20.5 Å². The average molecular weight is 452 g/mol. The number of ether oxygens (including phenoxy) is 1. The van der Waals surface area contributed by atoms with E-state index < -0.39 is 0 Å². The van der Waals surface area contributed by atoms with E-state index in [1.54, 1.807) is 0 Å². The van der Waals surface area contributed by atoms with Crippen molar-refractivity contribution in [1.29, 1.82) is 0 Å². The average Bonchev–Trinajstić information content (AvgIpc) is 2.61. The minimum absolute atomic E-state index is 0. The van der Waals surface area contributed by atoms with E-state index in [9.17, 15) is 0 Å². The standard InChI is InChI=1S/C18H36N4O.HI/c1-19-18(21-12-15-22-13-6-3-7-14-22)20-11-8-16-23-17-9-4-2-5-10-17;/h17H,2-16H2,1H3,(H2,19,20,21);1H. The Morgan fingerprint density at radius 3 is 2.38 bits per heavy atom. The van der Waals surface area contributed by atoms with E-state index in [-0.39, 0.29) is 24.0 Å². The quantitative estimate of drug-likeness (QED) is 0.257. The fourth-order valence-corrected chi connectivity index (χ4v) is 3.50. The van der Waals surface area contributed by atoms with Crippen molar-refractivity contribution >= 4 is 29.9 Å². The highest BCUT2D eigenvalue weighted by Gasteiger charge is 2.13. The lowest BCUT2D eigenvalue weighted by Crippen LogP contribution is -2.43. The largest absolute Gasteiger partial charge is 0.378 e. The van der Waals surface area contributed by atoms with Crippen LogP contribution in [0.25, 0.3) is 0 Å². The lowest BCUT2D eigenvalue weighted by atomic mass is 9.98. The van der Waals surface area contributed by atoms with Crippen LogP contribution < -0.4 is 10.6 Å². The molecular formula is C18H37IN4O. The van der Waals surface area contributed by atoms with Gasteiger partial charge in [-0.25, -0.2) is 0 Å². The second-order valence-electron chi connectivity index (χ2n) is 6.81. The minimum atomic E-state index is 0. The molecule has 0 atom stereocenters. The van der Waals surface area contributed by atoms with Crippen LogP contribution in [0.4, 0.5) is 0 Å². The first-order valence-corrected chi connectivity index (χ1v) is 9.67. The summed E-state index contributed by atoms with van der Waals surface area (Å²) in [5.41, 5.74) is 0. The predicted octanol–water partition coefficient (Wildman–Crippen LogP) is 2.99. The molecule has 5 nitrogen and oxygen atoms in total. The lowest BCUT2D eigenvalue weighted by molar-refractivity contribution is 0.0277. The Hall–Kier alpha value is -0.0800. The summed E-state index contributed by atoms with van der Waals surface area (Å²) in [4.78, 5) is 6.84. The van der Waals surface area contributed by atoms with Gasteiger partial charge in [0.05, 0.1) is 6.10 Å². The van der Waals surface area contributed by atoms with E-state index in [1.807, 2.05) is 7.05 Å². The molecule has 0 amide bonds. The molecule has 1 heterocycles. The summed E-state index contributed by atoms with van der Waals surface area (Å²) in [7, 11) is 1.84. The van der Waals surface area contributed by atoms with Gasteiger partial charge in [-0.3, -0.25) is 4.99 Å². The SMILES string of the molecule is CN=C(NCCCOC1CCCCC1)NCCN1CCCCC1.I. The summed E-state index contributed by atoms with van der Waals surface area (Å²) in [6.07, 6.45) is 12.3. The number of rotatable bonds is 8. The molecule has 2 N–H and O–H groups in total. The second kappa shape index (κ2) is 14.1. The van der Waals surface area contributed by atoms with E-state index in [4.69, 9.17) is 4.74 Å². The Balaban J connectivity index is 0.00000288. The molecule has 0 spiro atoms. The summed E-state index contributed by atoms with van der Waals surface area (Å²) in [5, 5.41) is 6.80. The first-order valence-electron chi connectivity index (χ1n) is 9.67. The molecule has 2 aliphatic rings. The van der Waals surface area contributed by atoms with Gasteiger partial charge in [0.15, 0.2) is 5.96 Å². The molecule has 1 saturated carbocycles. The zero-order valence-electron chi connectivity index (χ0n) is 15.4. The van der Waals surface area contributed by atoms with E-state index in [1.165, 1.54) is 64.5 Å². The molecule has 24 heavy (non-hydrogen) atoms. The zero-order valence-corrected chi connectivity index (χ0v) is 17.7. The van der Waals surface area contributed by atoms with Gasteiger partial charge in [0.1, 0.15) is 0 Å². The monoisotopic (exact) mass is 452 g/mol. The number of halogens is 1. The third-order valence-corrected chi connectivity index (χ3v) is 4.91. The summed E-state index contributed by atoms with van der Waals surface area (Å²) < 4.78 is 5.95. The number of nitrogens with zero attached hydrogens (tertiary/aromatic N) is 2. The molecule has 0 radical (unpaired) electrons. The van der Waals surface area contributed by atoms with Crippen LogP contribution in [-0.4, -0.2) is 63.3 Å². The van der Waals surface area contributed by atoms with Gasteiger partial charge in [0.2, 0.25) is 0 Å². The molecule has 0 unspecified atom stereocenters. The number of nitrogens with one attached hydrogen (secondary N) is 2. The predicted molar refractivity (Wildman–Crippen MR) is 113 cm³/mol. The highest BCUT2D eigenvalue weighted by molar-refractivity contribution is 14.0. The summed E-state index contributed by atoms with van der Waals surface area (Å²) in [6.45, 7) is 6.39. The van der Waals surface area contributed by atoms with E-state index in [0.717, 1.165) is 38.6 Å². The van der Waals surface area contributed by atoms with Crippen LogP contribution in [0, 0.1) is 0 Å². The number of guanidine groups is 1. The molecule has 1 aliphatic heterocycles. The number of piperidine rings is 1. The van der Waals surface area contributed by atoms with Crippen LogP contribution in [-0.2, 0) is 4.74 Å². The van der Waals surface area contributed by atoms with Crippen molar-refractivity contribution in [3.8, 4) is 0 Å². The first kappa shape index (κ1) is 22.0. The number of hydrogen-bond acceptors (Lipinski definition) is 3. The number of likely N-dealkylation sites (tertiary alicyclic amines) is 1. The Labute approximate surface area is 165 Å². The van der Waals surface area contributed by atoms with Crippen molar-refractivity contribution in [2.45, 2.75) is 63.9 Å².